The summed E-state index contributed by atoms with van der Waals surface area (Å²) in [4.78, 5) is 29.3. The van der Waals surface area contributed by atoms with Crippen molar-refractivity contribution in [1.29, 1.82) is 0 Å². The zero-order valence-electron chi connectivity index (χ0n) is 18.7. The summed E-state index contributed by atoms with van der Waals surface area (Å²) in [5, 5.41) is 4.55. The molecule has 0 bridgehead atoms. The molecule has 1 aliphatic heterocycles. The van der Waals surface area contributed by atoms with Gasteiger partial charge in [0.05, 0.1) is 6.54 Å². The van der Waals surface area contributed by atoms with Crippen molar-refractivity contribution in [2.24, 2.45) is 7.05 Å². The first-order chi connectivity index (χ1) is 14.9. The highest BCUT2D eigenvalue weighted by Crippen LogP contribution is 2.26. The second kappa shape index (κ2) is 8.46. The minimum atomic E-state index is -0.216. The molecule has 0 saturated carbocycles. The van der Waals surface area contributed by atoms with Crippen LogP contribution in [0.15, 0.2) is 48.5 Å². The number of aryl methyl sites for hydroxylation is 1. The summed E-state index contributed by atoms with van der Waals surface area (Å²) < 4.78 is 2.13. The molecule has 1 N–H and O–H groups in total. The number of hydrogen-bond acceptors (Lipinski definition) is 3. The number of carbonyl (C=O) groups is 2. The predicted octanol–water partition coefficient (Wildman–Crippen LogP) is 4.00. The number of benzene rings is 2. The number of hydrogen-bond donors (Lipinski definition) is 1. The average molecular weight is 419 g/mol. The Kier molecular flexibility index (Phi) is 5.72. The molecule has 6 heteroatoms. The van der Waals surface area contributed by atoms with E-state index >= 15 is 0 Å². The Morgan fingerprint density at radius 2 is 1.94 bits per heavy atom. The normalized spacial score (nSPS) is 16.1. The Morgan fingerprint density at radius 3 is 2.68 bits per heavy atom. The monoisotopic (exact) mass is 418 g/mol. The van der Waals surface area contributed by atoms with E-state index in [1.165, 1.54) is 5.39 Å². The van der Waals surface area contributed by atoms with Crippen LogP contribution < -0.4 is 5.32 Å². The van der Waals surface area contributed by atoms with E-state index in [1.54, 1.807) is 9.80 Å². The van der Waals surface area contributed by atoms with Gasteiger partial charge in [-0.05, 0) is 47.7 Å². The maximum absolute atomic E-state index is 13.2. The molecule has 2 amide bonds. The molecule has 0 saturated heterocycles. The molecule has 1 aliphatic rings. The Morgan fingerprint density at radius 1 is 1.16 bits per heavy atom. The lowest BCUT2D eigenvalue weighted by atomic mass is 10.1. The highest BCUT2D eigenvalue weighted by Gasteiger charge is 2.27. The second-order valence-corrected chi connectivity index (χ2v) is 8.47. The van der Waals surface area contributed by atoms with E-state index in [0.29, 0.717) is 18.7 Å². The molecule has 0 spiro atoms. The van der Waals surface area contributed by atoms with E-state index in [2.05, 4.69) is 35.0 Å². The first-order valence-corrected chi connectivity index (χ1v) is 10.8. The van der Waals surface area contributed by atoms with Crippen molar-refractivity contribution < 1.29 is 9.59 Å². The van der Waals surface area contributed by atoms with Crippen molar-refractivity contribution >= 4 is 28.4 Å². The molecular formula is C25H30N4O2. The zero-order chi connectivity index (χ0) is 22.1. The number of aromatic nitrogens is 1. The summed E-state index contributed by atoms with van der Waals surface area (Å²) in [6, 6.07) is 15.8. The van der Waals surface area contributed by atoms with Gasteiger partial charge in [0.2, 0.25) is 5.91 Å². The molecule has 2 aromatic carbocycles. The molecule has 1 unspecified atom stereocenters. The number of fused-ring (bicyclic) bond motifs is 2. The number of nitrogens with one attached hydrogen (secondary N) is 1. The number of amides is 2. The van der Waals surface area contributed by atoms with Gasteiger partial charge in [-0.1, -0.05) is 31.5 Å². The summed E-state index contributed by atoms with van der Waals surface area (Å²) in [6.07, 6.45) is 1.72. The minimum Gasteiger partial charge on any atom is -0.373 e. The summed E-state index contributed by atoms with van der Waals surface area (Å²) in [5.41, 5.74) is 4.78. The summed E-state index contributed by atoms with van der Waals surface area (Å²) in [6.45, 7) is 3.10. The van der Waals surface area contributed by atoms with Crippen LogP contribution in [0.3, 0.4) is 0 Å². The van der Waals surface area contributed by atoms with Gasteiger partial charge < -0.3 is 19.7 Å². The first-order valence-electron chi connectivity index (χ1n) is 10.8. The van der Waals surface area contributed by atoms with Crippen molar-refractivity contribution in [2.45, 2.75) is 38.9 Å². The Hall–Kier alpha value is -3.28. The molecule has 162 valence electrons. The molecule has 0 fully saturated rings. The van der Waals surface area contributed by atoms with Gasteiger partial charge in [0.1, 0.15) is 6.04 Å². The third-order valence-corrected chi connectivity index (χ3v) is 6.14. The number of rotatable bonds is 5. The Balaban J connectivity index is 1.55. The predicted molar refractivity (Wildman–Crippen MR) is 124 cm³/mol. The largest absolute Gasteiger partial charge is 0.373 e. The van der Waals surface area contributed by atoms with Crippen LogP contribution in [0.2, 0.25) is 0 Å². The van der Waals surface area contributed by atoms with Crippen molar-refractivity contribution in [3.63, 3.8) is 0 Å². The highest BCUT2D eigenvalue weighted by atomic mass is 16.2. The van der Waals surface area contributed by atoms with E-state index in [9.17, 15) is 9.59 Å². The van der Waals surface area contributed by atoms with E-state index in [0.717, 1.165) is 35.3 Å². The lowest BCUT2D eigenvalue weighted by molar-refractivity contribution is -0.131. The fourth-order valence-electron chi connectivity index (χ4n) is 4.36. The molecule has 1 aromatic heterocycles. The van der Waals surface area contributed by atoms with Gasteiger partial charge in [-0.2, -0.15) is 0 Å². The Bertz CT molecular complexity index is 1130. The molecule has 4 rings (SSSR count). The van der Waals surface area contributed by atoms with Crippen molar-refractivity contribution in [2.75, 3.05) is 19.4 Å². The molecule has 31 heavy (non-hydrogen) atoms. The lowest BCUT2D eigenvalue weighted by Crippen LogP contribution is -2.38. The van der Waals surface area contributed by atoms with Gasteiger partial charge in [-0.15, -0.1) is 0 Å². The SMILES string of the molecule is CCCC1Nc2ccc(C(=O)N(C)Cc3cc4ccccc4n3C)cc2CN(C)C1=O. The minimum absolute atomic E-state index is 0.0311. The molecule has 3 aromatic rings. The number of nitrogens with zero attached hydrogens (tertiary/aromatic N) is 3. The smallest absolute Gasteiger partial charge is 0.253 e. The molecule has 1 atom stereocenters. The summed E-state index contributed by atoms with van der Waals surface area (Å²) >= 11 is 0. The number of para-hydroxylation sites is 1. The van der Waals surface area contributed by atoms with Crippen LogP contribution in [0.4, 0.5) is 5.69 Å². The third-order valence-electron chi connectivity index (χ3n) is 6.14. The maximum atomic E-state index is 13.2. The zero-order valence-corrected chi connectivity index (χ0v) is 18.7. The molecular weight excluding hydrogens is 388 g/mol. The van der Waals surface area contributed by atoms with Crippen LogP contribution >= 0.6 is 0 Å². The number of likely N-dealkylation sites (N-methyl/N-ethyl adjacent to an activating group) is 1. The standard InChI is InChI=1S/C25H30N4O2/c1-5-8-22-25(31)27(2)15-19-13-18(11-12-21(19)26-22)24(30)28(3)16-20-14-17-9-6-7-10-23(17)29(20)4/h6-7,9-14,22,26H,5,8,15-16H2,1-4H3. The number of carbonyl (C=O) groups excluding carboxylic acids is 2. The third kappa shape index (κ3) is 4.02. The first kappa shape index (κ1) is 21.0. The van der Waals surface area contributed by atoms with Gasteiger partial charge in [0.25, 0.3) is 5.91 Å². The van der Waals surface area contributed by atoms with Crippen LogP contribution in [-0.2, 0) is 24.9 Å². The van der Waals surface area contributed by atoms with Crippen molar-refractivity contribution in [1.82, 2.24) is 14.4 Å². The van der Waals surface area contributed by atoms with Crippen LogP contribution in [-0.4, -0.2) is 46.3 Å². The maximum Gasteiger partial charge on any atom is 0.253 e. The van der Waals surface area contributed by atoms with Gasteiger partial charge in [0.15, 0.2) is 0 Å². The van der Waals surface area contributed by atoms with E-state index in [1.807, 2.05) is 51.5 Å². The van der Waals surface area contributed by atoms with E-state index in [-0.39, 0.29) is 17.9 Å². The topological polar surface area (TPSA) is 57.6 Å². The second-order valence-electron chi connectivity index (χ2n) is 8.47. The molecule has 0 aliphatic carbocycles. The van der Waals surface area contributed by atoms with Gasteiger partial charge in [-0.3, -0.25) is 9.59 Å². The van der Waals surface area contributed by atoms with Crippen molar-refractivity contribution in [3.05, 3.63) is 65.4 Å². The quantitative estimate of drug-likeness (QED) is 0.681. The van der Waals surface area contributed by atoms with Crippen LogP contribution in [0, 0.1) is 0 Å². The molecule has 6 nitrogen and oxygen atoms in total. The fraction of sp³-hybridized carbons (Fsp3) is 0.360. The van der Waals surface area contributed by atoms with Crippen LogP contribution in [0.1, 0.15) is 41.4 Å². The van der Waals surface area contributed by atoms with Crippen LogP contribution in [0.25, 0.3) is 10.9 Å². The van der Waals surface area contributed by atoms with Crippen LogP contribution in [0.5, 0.6) is 0 Å². The number of anilines is 1. The van der Waals surface area contributed by atoms with Gasteiger partial charge >= 0.3 is 0 Å². The molecule has 0 radical (unpaired) electrons. The van der Waals surface area contributed by atoms with Crippen molar-refractivity contribution in [3.8, 4) is 0 Å². The van der Waals surface area contributed by atoms with Gasteiger partial charge in [-0.25, -0.2) is 0 Å². The lowest BCUT2D eigenvalue weighted by Gasteiger charge is -2.19. The summed E-state index contributed by atoms with van der Waals surface area (Å²) in [7, 11) is 5.68. The summed E-state index contributed by atoms with van der Waals surface area (Å²) in [5.74, 6) is 0.0650. The van der Waals surface area contributed by atoms with E-state index in [4.69, 9.17) is 0 Å². The Labute approximate surface area is 183 Å². The fourth-order valence-corrected chi connectivity index (χ4v) is 4.36. The molecule has 2 heterocycles. The van der Waals surface area contributed by atoms with E-state index < -0.39 is 0 Å². The average Bonchev–Trinajstić information content (AvgIpc) is 3.02. The highest BCUT2D eigenvalue weighted by molar-refractivity contribution is 5.95. The van der Waals surface area contributed by atoms with Gasteiger partial charge in [0, 0.05) is 50.1 Å².